The minimum Gasteiger partial charge on any atom is -0.465 e. The number of nitrogens with one attached hydrogen (secondary N) is 1. The van der Waals surface area contributed by atoms with Gasteiger partial charge in [-0.25, -0.2) is 0 Å². The van der Waals surface area contributed by atoms with Gasteiger partial charge in [0.1, 0.15) is 11.5 Å². The largest absolute Gasteiger partial charge is 0.465 e. The minimum absolute atomic E-state index is 0.171. The van der Waals surface area contributed by atoms with Crippen molar-refractivity contribution in [3.63, 3.8) is 0 Å². The van der Waals surface area contributed by atoms with E-state index in [-0.39, 0.29) is 18.2 Å². The molecule has 1 aliphatic heterocycles. The Morgan fingerprint density at radius 1 is 1.36 bits per heavy atom. The quantitative estimate of drug-likeness (QED) is 0.744. The van der Waals surface area contributed by atoms with Gasteiger partial charge in [0.2, 0.25) is 0 Å². The van der Waals surface area contributed by atoms with Crippen LogP contribution >= 0.6 is 0 Å². The van der Waals surface area contributed by atoms with Crippen molar-refractivity contribution in [1.29, 1.82) is 0 Å². The summed E-state index contributed by atoms with van der Waals surface area (Å²) in [6.45, 7) is 6.99. The molecule has 0 spiro atoms. The highest BCUT2D eigenvalue weighted by molar-refractivity contribution is 5.11. The van der Waals surface area contributed by atoms with Crippen LogP contribution in [0, 0.1) is 6.92 Å². The molecule has 0 radical (unpaired) electrons. The summed E-state index contributed by atoms with van der Waals surface area (Å²) in [6.07, 6.45) is 0.460. The summed E-state index contributed by atoms with van der Waals surface area (Å²) in [6, 6.07) is 4.20. The number of aryl methyl sites for hydroxylation is 1. The van der Waals surface area contributed by atoms with E-state index in [1.807, 2.05) is 19.1 Å². The van der Waals surface area contributed by atoms with Crippen molar-refractivity contribution >= 4 is 0 Å². The van der Waals surface area contributed by atoms with Gasteiger partial charge in [0, 0.05) is 6.54 Å². The standard InChI is InChI=1S/C11H17NO2/c1-7-4-5-10(14-7)11-9(3)13-8(2)6-12-11/h4-5,8-9,11-12H,6H2,1-3H3. The molecule has 3 heteroatoms. The second kappa shape index (κ2) is 3.75. The molecule has 1 N–H and O–H groups in total. The third-order valence-corrected chi connectivity index (χ3v) is 2.61. The molecular formula is C11H17NO2. The summed E-state index contributed by atoms with van der Waals surface area (Å²) in [7, 11) is 0. The number of ether oxygens (including phenoxy) is 1. The third kappa shape index (κ3) is 1.83. The van der Waals surface area contributed by atoms with Crippen LogP contribution in [-0.2, 0) is 4.74 Å². The van der Waals surface area contributed by atoms with Crippen molar-refractivity contribution in [2.75, 3.05) is 6.54 Å². The molecule has 1 saturated heterocycles. The van der Waals surface area contributed by atoms with Crippen LogP contribution in [0.4, 0.5) is 0 Å². The van der Waals surface area contributed by atoms with E-state index in [1.54, 1.807) is 0 Å². The molecule has 0 aromatic carbocycles. The topological polar surface area (TPSA) is 34.4 Å². The Bertz CT molecular complexity index is 308. The molecule has 3 nitrogen and oxygen atoms in total. The molecule has 1 fully saturated rings. The molecule has 2 heterocycles. The lowest BCUT2D eigenvalue weighted by atomic mass is 10.1. The number of rotatable bonds is 1. The fourth-order valence-electron chi connectivity index (χ4n) is 1.90. The van der Waals surface area contributed by atoms with Gasteiger partial charge in [-0.1, -0.05) is 0 Å². The number of hydrogen-bond donors (Lipinski definition) is 1. The Hall–Kier alpha value is -0.800. The Balaban J connectivity index is 2.11. The van der Waals surface area contributed by atoms with E-state index in [2.05, 4.69) is 19.2 Å². The van der Waals surface area contributed by atoms with E-state index in [9.17, 15) is 0 Å². The van der Waals surface area contributed by atoms with E-state index >= 15 is 0 Å². The third-order valence-electron chi connectivity index (χ3n) is 2.61. The van der Waals surface area contributed by atoms with Crippen LogP contribution in [0.1, 0.15) is 31.4 Å². The molecule has 78 valence electrons. The molecule has 0 aliphatic carbocycles. The van der Waals surface area contributed by atoms with Crippen molar-refractivity contribution < 1.29 is 9.15 Å². The first-order valence-electron chi connectivity index (χ1n) is 5.12. The van der Waals surface area contributed by atoms with Gasteiger partial charge >= 0.3 is 0 Å². The summed E-state index contributed by atoms with van der Waals surface area (Å²) in [4.78, 5) is 0. The van der Waals surface area contributed by atoms with Crippen molar-refractivity contribution in [1.82, 2.24) is 5.32 Å². The zero-order valence-corrected chi connectivity index (χ0v) is 8.91. The van der Waals surface area contributed by atoms with Crippen LogP contribution in [0.25, 0.3) is 0 Å². The van der Waals surface area contributed by atoms with E-state index < -0.39 is 0 Å². The average Bonchev–Trinajstić information content (AvgIpc) is 2.51. The molecule has 14 heavy (non-hydrogen) atoms. The Morgan fingerprint density at radius 3 is 2.71 bits per heavy atom. The lowest BCUT2D eigenvalue weighted by Gasteiger charge is -2.33. The number of furan rings is 1. The predicted octanol–water partition coefficient (Wildman–Crippen LogP) is 2.03. The lowest BCUT2D eigenvalue weighted by molar-refractivity contribution is -0.0490. The monoisotopic (exact) mass is 195 g/mol. The first-order chi connectivity index (χ1) is 6.66. The Labute approximate surface area is 84.4 Å². The van der Waals surface area contributed by atoms with Crippen LogP contribution in [0.2, 0.25) is 0 Å². The average molecular weight is 195 g/mol. The number of hydrogen-bond acceptors (Lipinski definition) is 3. The Kier molecular flexibility index (Phi) is 2.61. The second-order valence-electron chi connectivity index (χ2n) is 3.99. The highest BCUT2D eigenvalue weighted by Gasteiger charge is 2.28. The summed E-state index contributed by atoms with van der Waals surface area (Å²) in [5, 5.41) is 3.43. The van der Waals surface area contributed by atoms with E-state index in [4.69, 9.17) is 9.15 Å². The summed E-state index contributed by atoms with van der Waals surface area (Å²) in [5.74, 6) is 1.93. The number of morpholine rings is 1. The lowest BCUT2D eigenvalue weighted by Crippen LogP contribution is -2.44. The molecule has 3 atom stereocenters. The predicted molar refractivity (Wildman–Crippen MR) is 54.2 cm³/mol. The van der Waals surface area contributed by atoms with Gasteiger partial charge in [0.25, 0.3) is 0 Å². The van der Waals surface area contributed by atoms with Gasteiger partial charge in [0.15, 0.2) is 0 Å². The maximum Gasteiger partial charge on any atom is 0.123 e. The highest BCUT2D eigenvalue weighted by Crippen LogP contribution is 2.25. The van der Waals surface area contributed by atoms with Crippen LogP contribution in [0.15, 0.2) is 16.5 Å². The Morgan fingerprint density at radius 2 is 2.14 bits per heavy atom. The highest BCUT2D eigenvalue weighted by atomic mass is 16.5. The first kappa shape index (κ1) is 9.74. The van der Waals surface area contributed by atoms with Crippen LogP contribution in [0.3, 0.4) is 0 Å². The zero-order valence-electron chi connectivity index (χ0n) is 8.91. The molecular weight excluding hydrogens is 178 g/mol. The smallest absolute Gasteiger partial charge is 0.123 e. The maximum atomic E-state index is 5.74. The molecule has 0 amide bonds. The minimum atomic E-state index is 0.171. The molecule has 1 aromatic rings. The molecule has 3 unspecified atom stereocenters. The van der Waals surface area contributed by atoms with Crippen molar-refractivity contribution in [3.8, 4) is 0 Å². The molecule has 1 aromatic heterocycles. The second-order valence-corrected chi connectivity index (χ2v) is 3.99. The summed E-state index contributed by atoms with van der Waals surface area (Å²) >= 11 is 0. The van der Waals surface area contributed by atoms with E-state index in [0.29, 0.717) is 0 Å². The van der Waals surface area contributed by atoms with Crippen LogP contribution in [0.5, 0.6) is 0 Å². The van der Waals surface area contributed by atoms with Crippen LogP contribution in [-0.4, -0.2) is 18.8 Å². The van der Waals surface area contributed by atoms with E-state index in [1.165, 1.54) is 0 Å². The van der Waals surface area contributed by atoms with Gasteiger partial charge in [-0.3, -0.25) is 0 Å². The maximum absolute atomic E-state index is 5.74. The summed E-state index contributed by atoms with van der Waals surface area (Å²) in [5.41, 5.74) is 0. The van der Waals surface area contributed by atoms with Crippen LogP contribution < -0.4 is 5.32 Å². The normalized spacial score (nSPS) is 33.2. The molecule has 0 bridgehead atoms. The van der Waals surface area contributed by atoms with E-state index in [0.717, 1.165) is 18.1 Å². The zero-order chi connectivity index (χ0) is 10.1. The molecule has 2 rings (SSSR count). The summed E-state index contributed by atoms with van der Waals surface area (Å²) < 4.78 is 11.3. The van der Waals surface area contributed by atoms with Crippen molar-refractivity contribution in [2.45, 2.75) is 39.0 Å². The van der Waals surface area contributed by atoms with Gasteiger partial charge in [-0.2, -0.15) is 0 Å². The van der Waals surface area contributed by atoms with Crippen molar-refractivity contribution in [3.05, 3.63) is 23.7 Å². The first-order valence-corrected chi connectivity index (χ1v) is 5.12. The molecule has 0 saturated carbocycles. The molecule has 1 aliphatic rings. The SMILES string of the molecule is Cc1ccc(C2NCC(C)OC2C)o1. The van der Waals surface area contributed by atoms with Gasteiger partial charge in [0.05, 0.1) is 18.2 Å². The van der Waals surface area contributed by atoms with Gasteiger partial charge < -0.3 is 14.5 Å². The van der Waals surface area contributed by atoms with Crippen molar-refractivity contribution in [2.24, 2.45) is 0 Å². The fraction of sp³-hybridized carbons (Fsp3) is 0.636. The van der Waals surface area contributed by atoms with Gasteiger partial charge in [-0.15, -0.1) is 0 Å². The fourth-order valence-corrected chi connectivity index (χ4v) is 1.90. The van der Waals surface area contributed by atoms with Gasteiger partial charge in [-0.05, 0) is 32.9 Å².